The molecule has 4 aromatic rings. The van der Waals surface area contributed by atoms with Crippen LogP contribution in [0.25, 0.3) is 16.8 Å². The summed E-state index contributed by atoms with van der Waals surface area (Å²) in [6.07, 6.45) is 8.31. The summed E-state index contributed by atoms with van der Waals surface area (Å²) in [4.78, 5) is 18.8. The Hall–Kier alpha value is -4.12. The Labute approximate surface area is 190 Å². The second-order valence-electron chi connectivity index (χ2n) is 7.17. The SMILES string of the molecule is CCN(N=Cc1cnc2ccc(-c3cccnc3)cn12)S(=O)(=O)c1cc([N+](=O)[O-])ccc1C. The van der Waals surface area contributed by atoms with E-state index in [0.29, 0.717) is 16.9 Å². The molecule has 0 aliphatic rings. The number of hydrogen-bond donors (Lipinski definition) is 0. The van der Waals surface area contributed by atoms with E-state index in [4.69, 9.17) is 0 Å². The second kappa shape index (κ2) is 8.79. The summed E-state index contributed by atoms with van der Waals surface area (Å²) in [6.45, 7) is 3.26. The first-order valence-corrected chi connectivity index (χ1v) is 11.4. The van der Waals surface area contributed by atoms with Crippen molar-refractivity contribution < 1.29 is 13.3 Å². The summed E-state index contributed by atoms with van der Waals surface area (Å²) in [5.74, 6) is 0. The van der Waals surface area contributed by atoms with Gasteiger partial charge in [0.25, 0.3) is 15.7 Å². The van der Waals surface area contributed by atoms with Gasteiger partial charge >= 0.3 is 0 Å². The fraction of sp³-hybridized carbons (Fsp3) is 0.136. The molecule has 0 atom stereocenters. The van der Waals surface area contributed by atoms with Gasteiger partial charge in [0.05, 0.1) is 34.5 Å². The van der Waals surface area contributed by atoms with Crippen molar-refractivity contribution in [2.75, 3.05) is 6.54 Å². The lowest BCUT2D eigenvalue weighted by Crippen LogP contribution is -2.27. The highest BCUT2D eigenvalue weighted by Crippen LogP contribution is 2.25. The maximum atomic E-state index is 13.2. The minimum atomic E-state index is -4.10. The third kappa shape index (κ3) is 4.30. The molecule has 0 spiro atoms. The van der Waals surface area contributed by atoms with Crippen LogP contribution in [0.1, 0.15) is 18.2 Å². The molecule has 0 radical (unpaired) electrons. The molecule has 0 bridgehead atoms. The third-order valence-corrected chi connectivity index (χ3v) is 6.96. The van der Waals surface area contributed by atoms with Crippen LogP contribution in [0, 0.1) is 17.0 Å². The number of imidazole rings is 1. The van der Waals surface area contributed by atoms with E-state index >= 15 is 0 Å². The maximum absolute atomic E-state index is 13.2. The number of hydrogen-bond acceptors (Lipinski definition) is 7. The lowest BCUT2D eigenvalue weighted by atomic mass is 10.1. The van der Waals surface area contributed by atoms with Crippen molar-refractivity contribution >= 4 is 27.6 Å². The van der Waals surface area contributed by atoms with Crippen LogP contribution in [-0.4, -0.2) is 44.9 Å². The first kappa shape index (κ1) is 22.1. The van der Waals surface area contributed by atoms with E-state index in [9.17, 15) is 18.5 Å². The van der Waals surface area contributed by atoms with Crippen molar-refractivity contribution in [3.8, 4) is 11.1 Å². The van der Waals surface area contributed by atoms with Crippen LogP contribution >= 0.6 is 0 Å². The fourth-order valence-electron chi connectivity index (χ4n) is 3.33. The van der Waals surface area contributed by atoms with Gasteiger partial charge in [0.15, 0.2) is 0 Å². The van der Waals surface area contributed by atoms with Gasteiger partial charge < -0.3 is 0 Å². The number of nitro groups is 1. The highest BCUT2D eigenvalue weighted by atomic mass is 32.2. The lowest BCUT2D eigenvalue weighted by molar-refractivity contribution is -0.385. The van der Waals surface area contributed by atoms with Crippen LogP contribution in [0.3, 0.4) is 0 Å². The molecule has 10 nitrogen and oxygen atoms in total. The highest BCUT2D eigenvalue weighted by molar-refractivity contribution is 7.89. The molecule has 33 heavy (non-hydrogen) atoms. The third-order valence-electron chi connectivity index (χ3n) is 5.06. The summed E-state index contributed by atoms with van der Waals surface area (Å²) in [7, 11) is -4.10. The number of nitro benzene ring substituents is 1. The maximum Gasteiger partial charge on any atom is 0.279 e. The van der Waals surface area contributed by atoms with E-state index < -0.39 is 14.9 Å². The zero-order chi connectivity index (χ0) is 23.6. The molecule has 0 aliphatic heterocycles. The van der Waals surface area contributed by atoms with E-state index in [0.717, 1.165) is 21.6 Å². The van der Waals surface area contributed by atoms with Crippen LogP contribution in [-0.2, 0) is 10.0 Å². The smallest absolute Gasteiger partial charge is 0.279 e. The monoisotopic (exact) mass is 464 g/mol. The van der Waals surface area contributed by atoms with E-state index in [1.807, 2.05) is 30.5 Å². The second-order valence-corrected chi connectivity index (χ2v) is 8.98. The standard InChI is InChI=1S/C22H20N6O4S/c1-3-27(33(31,32)21-11-19(28(29)30)8-6-16(21)2)25-14-20-13-24-22-9-7-18(15-26(20)22)17-5-4-10-23-12-17/h4-15H,3H2,1-2H3. The van der Waals surface area contributed by atoms with Gasteiger partial charge in [-0.3, -0.25) is 19.5 Å². The number of hydrazone groups is 1. The lowest BCUT2D eigenvalue weighted by Gasteiger charge is -2.18. The Balaban J connectivity index is 1.70. The van der Waals surface area contributed by atoms with Crippen molar-refractivity contribution in [3.05, 3.63) is 88.6 Å². The van der Waals surface area contributed by atoms with Crippen LogP contribution in [0.15, 0.2) is 77.2 Å². The Morgan fingerprint density at radius 1 is 1.18 bits per heavy atom. The van der Waals surface area contributed by atoms with Crippen LogP contribution in [0.5, 0.6) is 0 Å². The Morgan fingerprint density at radius 3 is 2.70 bits per heavy atom. The number of nitrogens with zero attached hydrogens (tertiary/aromatic N) is 6. The molecule has 3 heterocycles. The van der Waals surface area contributed by atoms with Crippen molar-refractivity contribution in [2.45, 2.75) is 18.7 Å². The number of fused-ring (bicyclic) bond motifs is 1. The predicted molar refractivity (Wildman–Crippen MR) is 123 cm³/mol. The number of non-ortho nitro benzene ring substituents is 1. The molecule has 0 fully saturated rings. The van der Waals surface area contributed by atoms with Crippen molar-refractivity contribution in [3.63, 3.8) is 0 Å². The molecule has 1 aromatic carbocycles. The molecular formula is C22H20N6O4S. The number of sulfonamides is 1. The van der Waals surface area contributed by atoms with Gasteiger partial charge in [-0.05, 0) is 37.6 Å². The Bertz CT molecular complexity index is 1470. The highest BCUT2D eigenvalue weighted by Gasteiger charge is 2.26. The van der Waals surface area contributed by atoms with E-state index in [-0.39, 0.29) is 17.1 Å². The molecule has 0 saturated heterocycles. The van der Waals surface area contributed by atoms with Crippen LogP contribution in [0.2, 0.25) is 0 Å². The van der Waals surface area contributed by atoms with Crippen molar-refractivity contribution in [1.29, 1.82) is 0 Å². The number of aryl methyl sites for hydroxylation is 1. The predicted octanol–water partition coefficient (Wildman–Crippen LogP) is 3.66. The summed E-state index contributed by atoms with van der Waals surface area (Å²) in [5.41, 5.74) is 3.17. The zero-order valence-corrected chi connectivity index (χ0v) is 18.7. The van der Waals surface area contributed by atoms with Gasteiger partial charge in [-0.15, -0.1) is 0 Å². The molecule has 4 rings (SSSR count). The number of aromatic nitrogens is 3. The molecule has 0 aliphatic carbocycles. The molecule has 0 unspecified atom stereocenters. The minimum absolute atomic E-state index is 0.0403. The van der Waals surface area contributed by atoms with Gasteiger partial charge in [-0.2, -0.15) is 17.9 Å². The van der Waals surface area contributed by atoms with Crippen molar-refractivity contribution in [1.82, 2.24) is 18.8 Å². The van der Waals surface area contributed by atoms with Gasteiger partial charge in [0.2, 0.25) is 0 Å². The van der Waals surface area contributed by atoms with E-state index in [2.05, 4.69) is 15.1 Å². The number of benzene rings is 1. The molecule has 0 saturated carbocycles. The molecular weight excluding hydrogens is 444 g/mol. The average molecular weight is 465 g/mol. The van der Waals surface area contributed by atoms with Crippen molar-refractivity contribution in [2.24, 2.45) is 5.10 Å². The van der Waals surface area contributed by atoms with Gasteiger partial charge in [0.1, 0.15) is 5.65 Å². The normalized spacial score (nSPS) is 11.8. The first-order chi connectivity index (χ1) is 15.8. The zero-order valence-electron chi connectivity index (χ0n) is 17.9. The fourth-order valence-corrected chi connectivity index (χ4v) is 4.81. The van der Waals surface area contributed by atoms with Crippen LogP contribution in [0.4, 0.5) is 5.69 Å². The first-order valence-electron chi connectivity index (χ1n) is 10.0. The van der Waals surface area contributed by atoms with Gasteiger partial charge in [-0.25, -0.2) is 4.98 Å². The molecule has 0 N–H and O–H groups in total. The Kier molecular flexibility index (Phi) is 5.88. The topological polar surface area (TPSA) is 123 Å². The summed E-state index contributed by atoms with van der Waals surface area (Å²) >= 11 is 0. The van der Waals surface area contributed by atoms with Gasteiger partial charge in [-0.1, -0.05) is 12.1 Å². The summed E-state index contributed by atoms with van der Waals surface area (Å²) in [6, 6.07) is 11.3. The number of rotatable bonds is 7. The van der Waals surface area contributed by atoms with E-state index in [1.165, 1.54) is 18.3 Å². The van der Waals surface area contributed by atoms with E-state index in [1.54, 1.807) is 36.8 Å². The van der Waals surface area contributed by atoms with Crippen LogP contribution < -0.4 is 0 Å². The average Bonchev–Trinajstić information content (AvgIpc) is 3.22. The minimum Gasteiger partial charge on any atom is -0.298 e. The summed E-state index contributed by atoms with van der Waals surface area (Å²) in [5, 5.41) is 15.3. The molecule has 3 aromatic heterocycles. The Morgan fingerprint density at radius 2 is 2.00 bits per heavy atom. The summed E-state index contributed by atoms with van der Waals surface area (Å²) < 4.78 is 29.1. The molecule has 168 valence electrons. The molecule has 11 heteroatoms. The quantitative estimate of drug-likeness (QED) is 0.234. The largest absolute Gasteiger partial charge is 0.298 e. The number of pyridine rings is 2. The van der Waals surface area contributed by atoms with Gasteiger partial charge in [0, 0.05) is 41.9 Å². The molecule has 0 amide bonds.